The predicted molar refractivity (Wildman–Crippen MR) is 74.0 cm³/mol. The van der Waals surface area contributed by atoms with Gasteiger partial charge in [0.15, 0.2) is 0 Å². The van der Waals surface area contributed by atoms with Gasteiger partial charge in [-0.1, -0.05) is 13.8 Å². The molecule has 1 aromatic heterocycles. The molecule has 0 aliphatic carbocycles. The van der Waals surface area contributed by atoms with Crippen LogP contribution in [-0.4, -0.2) is 20.3 Å². The van der Waals surface area contributed by atoms with Crippen molar-refractivity contribution in [3.8, 4) is 0 Å². The van der Waals surface area contributed by atoms with Gasteiger partial charge in [0.2, 0.25) is 0 Å². The number of rotatable bonds is 7. The van der Waals surface area contributed by atoms with E-state index in [-0.39, 0.29) is 0 Å². The smallest absolute Gasteiger partial charge is 0.0701 e. The Hall–Kier alpha value is 0.100. The molecule has 0 aliphatic rings. The van der Waals surface area contributed by atoms with Crippen molar-refractivity contribution in [2.75, 3.05) is 20.3 Å². The molecule has 1 aromatic rings. The highest BCUT2D eigenvalue weighted by Crippen LogP contribution is 2.22. The summed E-state index contributed by atoms with van der Waals surface area (Å²) in [5, 5.41) is 5.67. The molecular weight excluding hydrogens is 286 g/mol. The van der Waals surface area contributed by atoms with E-state index in [9.17, 15) is 0 Å². The minimum atomic E-state index is 0.295. The van der Waals surface area contributed by atoms with E-state index in [1.165, 1.54) is 9.35 Å². The molecule has 0 unspecified atom stereocenters. The average Bonchev–Trinajstić information content (AvgIpc) is 2.61. The van der Waals surface area contributed by atoms with Crippen molar-refractivity contribution in [1.29, 1.82) is 0 Å². The van der Waals surface area contributed by atoms with Crippen molar-refractivity contribution in [2.45, 2.75) is 26.8 Å². The van der Waals surface area contributed by atoms with E-state index in [2.05, 4.69) is 46.5 Å². The molecule has 0 aliphatic heterocycles. The summed E-state index contributed by atoms with van der Waals surface area (Å²) in [6.07, 6.45) is 1.09. The van der Waals surface area contributed by atoms with Crippen LogP contribution in [0, 0.1) is 5.41 Å². The molecule has 0 bridgehead atoms. The SMILES string of the molecule is COCCC(C)(C)CNCc1csc(Br)c1. The van der Waals surface area contributed by atoms with Crippen LogP contribution >= 0.6 is 27.3 Å². The second kappa shape index (κ2) is 6.74. The molecule has 0 fully saturated rings. The predicted octanol–water partition coefficient (Wildman–Crippen LogP) is 3.66. The third-order valence-electron chi connectivity index (χ3n) is 2.54. The van der Waals surface area contributed by atoms with Crippen LogP contribution < -0.4 is 5.32 Å². The normalized spacial score (nSPS) is 12.0. The first-order chi connectivity index (χ1) is 7.53. The lowest BCUT2D eigenvalue weighted by molar-refractivity contribution is 0.150. The average molecular weight is 306 g/mol. The number of methoxy groups -OCH3 is 1. The second-order valence-corrected chi connectivity index (χ2v) is 7.06. The number of halogens is 1. The van der Waals surface area contributed by atoms with E-state index in [0.29, 0.717) is 5.41 Å². The fourth-order valence-electron chi connectivity index (χ4n) is 1.45. The Morgan fingerprint density at radius 2 is 2.25 bits per heavy atom. The highest BCUT2D eigenvalue weighted by atomic mass is 79.9. The second-order valence-electron chi connectivity index (χ2n) is 4.77. The molecule has 0 radical (unpaired) electrons. The van der Waals surface area contributed by atoms with E-state index in [4.69, 9.17) is 4.74 Å². The molecule has 0 aromatic carbocycles. The van der Waals surface area contributed by atoms with Gasteiger partial charge in [-0.2, -0.15) is 0 Å². The summed E-state index contributed by atoms with van der Waals surface area (Å²) < 4.78 is 6.31. The van der Waals surface area contributed by atoms with Gasteiger partial charge in [-0.15, -0.1) is 11.3 Å². The number of hydrogen-bond acceptors (Lipinski definition) is 3. The van der Waals surface area contributed by atoms with Crippen LogP contribution in [0.3, 0.4) is 0 Å². The van der Waals surface area contributed by atoms with Gasteiger partial charge in [0, 0.05) is 26.8 Å². The van der Waals surface area contributed by atoms with E-state index < -0.39 is 0 Å². The summed E-state index contributed by atoms with van der Waals surface area (Å²) in [6.45, 7) is 7.33. The topological polar surface area (TPSA) is 21.3 Å². The summed E-state index contributed by atoms with van der Waals surface area (Å²) in [5.74, 6) is 0. The van der Waals surface area contributed by atoms with Crippen LogP contribution in [0.5, 0.6) is 0 Å². The molecule has 1 N–H and O–H groups in total. The van der Waals surface area contributed by atoms with Crippen LogP contribution in [0.4, 0.5) is 0 Å². The van der Waals surface area contributed by atoms with E-state index >= 15 is 0 Å². The molecule has 1 heterocycles. The van der Waals surface area contributed by atoms with Gasteiger partial charge in [-0.05, 0) is 44.8 Å². The van der Waals surface area contributed by atoms with Crippen molar-refractivity contribution in [3.05, 3.63) is 20.8 Å². The number of ether oxygens (including phenoxy) is 1. The Bertz CT molecular complexity index is 312. The summed E-state index contributed by atoms with van der Waals surface area (Å²) in [6, 6.07) is 2.17. The summed E-state index contributed by atoms with van der Waals surface area (Å²) in [7, 11) is 1.76. The Morgan fingerprint density at radius 1 is 1.50 bits per heavy atom. The quantitative estimate of drug-likeness (QED) is 0.830. The molecular formula is C12H20BrNOS. The summed E-state index contributed by atoms with van der Waals surface area (Å²) in [4.78, 5) is 0. The van der Waals surface area contributed by atoms with Gasteiger partial charge in [-0.25, -0.2) is 0 Å². The van der Waals surface area contributed by atoms with Crippen molar-refractivity contribution < 1.29 is 4.74 Å². The third kappa shape index (κ3) is 5.43. The summed E-state index contributed by atoms with van der Waals surface area (Å²) >= 11 is 5.20. The van der Waals surface area contributed by atoms with Crippen molar-refractivity contribution >= 4 is 27.3 Å². The maximum absolute atomic E-state index is 5.11. The lowest BCUT2D eigenvalue weighted by Crippen LogP contribution is -2.30. The Labute approximate surface area is 111 Å². The Morgan fingerprint density at radius 3 is 2.81 bits per heavy atom. The monoisotopic (exact) mass is 305 g/mol. The molecule has 0 amide bonds. The molecule has 0 saturated carbocycles. The van der Waals surface area contributed by atoms with Crippen LogP contribution in [0.2, 0.25) is 0 Å². The van der Waals surface area contributed by atoms with Gasteiger partial charge in [-0.3, -0.25) is 0 Å². The lowest BCUT2D eigenvalue weighted by Gasteiger charge is -2.24. The van der Waals surface area contributed by atoms with Crippen molar-refractivity contribution in [1.82, 2.24) is 5.32 Å². The molecule has 0 saturated heterocycles. The van der Waals surface area contributed by atoms with Crippen LogP contribution in [0.15, 0.2) is 15.2 Å². The maximum Gasteiger partial charge on any atom is 0.0701 e. The number of nitrogens with one attached hydrogen (secondary N) is 1. The zero-order valence-corrected chi connectivity index (χ0v) is 12.6. The van der Waals surface area contributed by atoms with Gasteiger partial charge < -0.3 is 10.1 Å². The van der Waals surface area contributed by atoms with E-state index in [1.807, 2.05) is 0 Å². The Kier molecular flexibility index (Phi) is 5.97. The highest BCUT2D eigenvalue weighted by molar-refractivity contribution is 9.11. The van der Waals surface area contributed by atoms with Gasteiger partial charge in [0.05, 0.1) is 3.79 Å². The minimum Gasteiger partial charge on any atom is -0.385 e. The van der Waals surface area contributed by atoms with Crippen LogP contribution in [-0.2, 0) is 11.3 Å². The summed E-state index contributed by atoms with van der Waals surface area (Å²) in [5.41, 5.74) is 1.64. The van der Waals surface area contributed by atoms with Crippen LogP contribution in [0.1, 0.15) is 25.8 Å². The third-order valence-corrected chi connectivity index (χ3v) is 4.09. The number of thiophene rings is 1. The van der Waals surface area contributed by atoms with Gasteiger partial charge in [0.25, 0.3) is 0 Å². The molecule has 1 rings (SSSR count). The fourth-order valence-corrected chi connectivity index (χ4v) is 2.66. The van der Waals surface area contributed by atoms with E-state index in [1.54, 1.807) is 18.4 Å². The van der Waals surface area contributed by atoms with Crippen LogP contribution in [0.25, 0.3) is 0 Å². The molecule has 0 spiro atoms. The maximum atomic E-state index is 5.11. The first kappa shape index (κ1) is 14.2. The number of hydrogen-bond donors (Lipinski definition) is 1. The largest absolute Gasteiger partial charge is 0.385 e. The highest BCUT2D eigenvalue weighted by Gasteiger charge is 2.16. The first-order valence-corrected chi connectivity index (χ1v) is 7.13. The Balaban J connectivity index is 2.24. The minimum absolute atomic E-state index is 0.295. The van der Waals surface area contributed by atoms with Crippen molar-refractivity contribution in [2.24, 2.45) is 5.41 Å². The molecule has 16 heavy (non-hydrogen) atoms. The standard InChI is InChI=1S/C12H20BrNOS/c1-12(2,4-5-15-3)9-14-7-10-6-11(13)16-8-10/h6,8,14H,4-5,7,9H2,1-3H3. The zero-order chi connectivity index (χ0) is 12.0. The molecule has 2 nitrogen and oxygen atoms in total. The molecule has 92 valence electrons. The zero-order valence-electron chi connectivity index (χ0n) is 10.2. The van der Waals surface area contributed by atoms with Crippen molar-refractivity contribution in [3.63, 3.8) is 0 Å². The van der Waals surface area contributed by atoms with Gasteiger partial charge in [0.1, 0.15) is 0 Å². The first-order valence-electron chi connectivity index (χ1n) is 5.46. The lowest BCUT2D eigenvalue weighted by atomic mass is 9.90. The fraction of sp³-hybridized carbons (Fsp3) is 0.667. The molecule has 0 atom stereocenters. The van der Waals surface area contributed by atoms with E-state index in [0.717, 1.165) is 26.1 Å². The molecule has 4 heteroatoms. The van der Waals surface area contributed by atoms with Gasteiger partial charge >= 0.3 is 0 Å².